The molecule has 9 heteroatoms. The number of primary amides is 1. The zero-order valence-corrected chi connectivity index (χ0v) is 14.9. The lowest BCUT2D eigenvalue weighted by Gasteiger charge is -2.37. The van der Waals surface area contributed by atoms with Crippen LogP contribution in [0.15, 0.2) is 42.6 Å². The van der Waals surface area contributed by atoms with Crippen molar-refractivity contribution >= 4 is 11.7 Å². The van der Waals surface area contributed by atoms with Gasteiger partial charge in [-0.25, -0.2) is 10.4 Å². The molecular formula is C19H20F3N5O. The summed E-state index contributed by atoms with van der Waals surface area (Å²) in [5.74, 6) is 0.308. The van der Waals surface area contributed by atoms with Gasteiger partial charge in [0.05, 0.1) is 11.6 Å². The van der Waals surface area contributed by atoms with Crippen LogP contribution in [0.25, 0.3) is 0 Å². The second kappa shape index (κ2) is 7.06. The Kier molecular flexibility index (Phi) is 4.72. The molecule has 0 spiro atoms. The molecule has 3 heterocycles. The van der Waals surface area contributed by atoms with E-state index in [1.54, 1.807) is 18.3 Å². The minimum Gasteiger partial charge on any atom is -0.366 e. The van der Waals surface area contributed by atoms with Crippen molar-refractivity contribution in [1.29, 1.82) is 0 Å². The number of benzene rings is 1. The van der Waals surface area contributed by atoms with Gasteiger partial charge in [-0.3, -0.25) is 10.2 Å². The molecule has 2 aromatic rings. The Hall–Kier alpha value is -2.65. The van der Waals surface area contributed by atoms with Crippen molar-refractivity contribution in [2.45, 2.75) is 24.7 Å². The zero-order valence-electron chi connectivity index (χ0n) is 14.9. The number of rotatable bonds is 3. The van der Waals surface area contributed by atoms with Crippen molar-refractivity contribution < 1.29 is 18.0 Å². The first kappa shape index (κ1) is 18.7. The number of carbonyl (C=O) groups excluding carboxylic acids is 1. The molecule has 1 aromatic carbocycles. The van der Waals surface area contributed by atoms with Gasteiger partial charge in [-0.05, 0) is 36.2 Å². The maximum absolute atomic E-state index is 12.8. The van der Waals surface area contributed by atoms with Gasteiger partial charge in [0.1, 0.15) is 5.82 Å². The number of nitrogens with one attached hydrogen (secondary N) is 2. The Morgan fingerprint density at radius 3 is 2.61 bits per heavy atom. The van der Waals surface area contributed by atoms with Crippen LogP contribution in [0.5, 0.6) is 0 Å². The fourth-order valence-electron chi connectivity index (χ4n) is 3.97. The first-order valence-electron chi connectivity index (χ1n) is 9.02. The quantitative estimate of drug-likeness (QED) is 0.748. The summed E-state index contributed by atoms with van der Waals surface area (Å²) in [6.07, 6.45) is -1.95. The molecule has 3 unspecified atom stereocenters. The van der Waals surface area contributed by atoms with Crippen LogP contribution in [0.4, 0.5) is 19.0 Å². The van der Waals surface area contributed by atoms with Crippen molar-refractivity contribution in [3.8, 4) is 0 Å². The van der Waals surface area contributed by atoms with Crippen molar-refractivity contribution in [2.24, 2.45) is 11.7 Å². The van der Waals surface area contributed by atoms with Crippen molar-refractivity contribution in [3.63, 3.8) is 0 Å². The molecule has 3 atom stereocenters. The highest BCUT2D eigenvalue weighted by Gasteiger charge is 2.41. The van der Waals surface area contributed by atoms with Crippen LogP contribution >= 0.6 is 0 Å². The summed E-state index contributed by atoms with van der Waals surface area (Å²) in [5, 5.41) is 0. The largest absolute Gasteiger partial charge is 0.416 e. The summed E-state index contributed by atoms with van der Waals surface area (Å²) >= 11 is 0. The molecule has 0 radical (unpaired) electrons. The number of pyridine rings is 1. The van der Waals surface area contributed by atoms with Gasteiger partial charge in [0.2, 0.25) is 5.91 Å². The Bertz CT molecular complexity index is 871. The summed E-state index contributed by atoms with van der Waals surface area (Å²) in [7, 11) is 0. The molecule has 2 saturated heterocycles. The van der Waals surface area contributed by atoms with Crippen LogP contribution in [0.3, 0.4) is 0 Å². The van der Waals surface area contributed by atoms with Crippen LogP contribution in [0, 0.1) is 5.92 Å². The Morgan fingerprint density at radius 2 is 1.93 bits per heavy atom. The van der Waals surface area contributed by atoms with Crippen molar-refractivity contribution in [2.75, 3.05) is 18.0 Å². The molecule has 1 amide bonds. The number of amides is 1. The van der Waals surface area contributed by atoms with Crippen LogP contribution < -0.4 is 21.5 Å². The predicted octanol–water partition coefficient (Wildman–Crippen LogP) is 2.24. The smallest absolute Gasteiger partial charge is 0.366 e. The van der Waals surface area contributed by atoms with E-state index >= 15 is 0 Å². The van der Waals surface area contributed by atoms with E-state index in [-0.39, 0.29) is 18.0 Å². The molecule has 4 rings (SSSR count). The summed E-state index contributed by atoms with van der Waals surface area (Å²) in [6, 6.07) is 8.61. The van der Waals surface area contributed by atoms with Gasteiger partial charge in [-0.1, -0.05) is 12.1 Å². The normalized spacial score (nSPS) is 24.8. The lowest BCUT2D eigenvalue weighted by Crippen LogP contribution is -2.46. The van der Waals surface area contributed by atoms with Crippen LogP contribution in [-0.4, -0.2) is 30.0 Å². The molecule has 0 saturated carbocycles. The van der Waals surface area contributed by atoms with Gasteiger partial charge in [0, 0.05) is 36.8 Å². The highest BCUT2D eigenvalue weighted by atomic mass is 19.4. The summed E-state index contributed by atoms with van der Waals surface area (Å²) < 4.78 is 38.5. The number of hydrazine groups is 1. The van der Waals surface area contributed by atoms with Gasteiger partial charge < -0.3 is 10.6 Å². The number of hydrogen-bond donors (Lipinski definition) is 3. The van der Waals surface area contributed by atoms with Crippen molar-refractivity contribution in [3.05, 3.63) is 59.3 Å². The number of carbonyl (C=O) groups is 1. The van der Waals surface area contributed by atoms with Crippen molar-refractivity contribution in [1.82, 2.24) is 15.8 Å². The molecular weight excluding hydrogens is 371 g/mol. The van der Waals surface area contributed by atoms with E-state index < -0.39 is 17.6 Å². The monoisotopic (exact) mass is 391 g/mol. The number of piperidine rings is 1. The number of nitrogens with two attached hydrogens (primary N) is 1. The number of hydrogen-bond acceptors (Lipinski definition) is 5. The molecule has 0 bridgehead atoms. The van der Waals surface area contributed by atoms with E-state index in [2.05, 4.69) is 20.7 Å². The van der Waals surface area contributed by atoms with Crippen LogP contribution in [0.2, 0.25) is 0 Å². The third kappa shape index (κ3) is 3.55. The topological polar surface area (TPSA) is 83.3 Å². The van der Waals surface area contributed by atoms with E-state index in [1.165, 1.54) is 12.1 Å². The molecule has 4 N–H and O–H groups in total. The lowest BCUT2D eigenvalue weighted by molar-refractivity contribution is -0.137. The third-order valence-electron chi connectivity index (χ3n) is 5.46. The molecule has 148 valence electrons. The van der Waals surface area contributed by atoms with E-state index in [9.17, 15) is 18.0 Å². The number of aromatic nitrogens is 1. The molecule has 1 aromatic heterocycles. The summed E-state index contributed by atoms with van der Waals surface area (Å²) in [5.41, 5.74) is 12.4. The average molecular weight is 391 g/mol. The SMILES string of the molecule is NC(=O)c1ccnc(N2CCC3NNC(c4ccc(C(F)(F)F)cc4)C3C2)c1. The second-order valence-electron chi connectivity index (χ2n) is 7.16. The van der Waals surface area contributed by atoms with Gasteiger partial charge in [0.15, 0.2) is 0 Å². The minimum absolute atomic E-state index is 0.116. The lowest BCUT2D eigenvalue weighted by atomic mass is 9.85. The molecule has 0 aliphatic carbocycles. The van der Waals surface area contributed by atoms with E-state index in [0.717, 1.165) is 30.7 Å². The Morgan fingerprint density at radius 1 is 1.18 bits per heavy atom. The first-order valence-corrected chi connectivity index (χ1v) is 9.02. The second-order valence-corrected chi connectivity index (χ2v) is 7.16. The summed E-state index contributed by atoms with van der Waals surface area (Å²) in [4.78, 5) is 17.9. The van der Waals surface area contributed by atoms with E-state index in [4.69, 9.17) is 5.73 Å². The fraction of sp³-hybridized carbons (Fsp3) is 0.368. The fourth-order valence-corrected chi connectivity index (χ4v) is 3.97. The first-order chi connectivity index (χ1) is 13.3. The minimum atomic E-state index is -4.35. The predicted molar refractivity (Wildman–Crippen MR) is 97.3 cm³/mol. The average Bonchev–Trinajstić information content (AvgIpc) is 3.10. The van der Waals surface area contributed by atoms with E-state index in [1.807, 2.05) is 0 Å². The molecule has 6 nitrogen and oxygen atoms in total. The zero-order chi connectivity index (χ0) is 19.9. The molecule has 2 fully saturated rings. The van der Waals surface area contributed by atoms with E-state index in [0.29, 0.717) is 17.9 Å². The third-order valence-corrected chi connectivity index (χ3v) is 5.46. The molecule has 28 heavy (non-hydrogen) atoms. The maximum Gasteiger partial charge on any atom is 0.416 e. The standard InChI is InChI=1S/C19H20F3N5O/c20-19(21,22)13-3-1-11(2-4-13)17-14-10-27(8-6-15(14)25-26-17)16-9-12(18(23)28)5-7-24-16/h1-5,7,9,14-15,17,25-26H,6,8,10H2,(H2,23,28). The van der Waals surface area contributed by atoms with Gasteiger partial charge in [0.25, 0.3) is 0 Å². The molecule has 2 aliphatic heterocycles. The van der Waals surface area contributed by atoms with Crippen LogP contribution in [-0.2, 0) is 6.18 Å². The highest BCUT2D eigenvalue weighted by molar-refractivity contribution is 5.93. The molecule has 2 aliphatic rings. The van der Waals surface area contributed by atoms with Crippen LogP contribution in [0.1, 0.15) is 33.9 Å². The summed E-state index contributed by atoms with van der Waals surface area (Å²) in [6.45, 7) is 1.41. The number of halogens is 3. The number of alkyl halides is 3. The van der Waals surface area contributed by atoms with Gasteiger partial charge in [-0.2, -0.15) is 13.2 Å². The number of anilines is 1. The highest BCUT2D eigenvalue weighted by Crippen LogP contribution is 2.36. The Balaban J connectivity index is 1.54. The maximum atomic E-state index is 12.8. The van der Waals surface area contributed by atoms with Gasteiger partial charge in [-0.15, -0.1) is 0 Å². The van der Waals surface area contributed by atoms with Gasteiger partial charge >= 0.3 is 6.18 Å². The number of fused-ring (bicyclic) bond motifs is 1. The number of nitrogens with zero attached hydrogens (tertiary/aromatic N) is 2. The Labute approximate surface area is 159 Å².